The minimum atomic E-state index is -0.814. The van der Waals surface area contributed by atoms with Crippen LogP contribution in [0.3, 0.4) is 0 Å². The molecular weight excluding hydrogens is 446 g/mol. The molecule has 8 nitrogen and oxygen atoms in total. The zero-order chi connectivity index (χ0) is 25.4. The van der Waals surface area contributed by atoms with Crippen molar-refractivity contribution in [3.8, 4) is 34.5 Å². The van der Waals surface area contributed by atoms with Crippen LogP contribution in [0.5, 0.6) is 11.5 Å². The number of hydrogen-bond donors (Lipinski definition) is 4. The van der Waals surface area contributed by atoms with Gasteiger partial charge in [-0.1, -0.05) is 48.2 Å². The molecule has 0 aromatic heterocycles. The number of para-hydroxylation sites is 1. The number of nitrogens with one attached hydrogen (secondary N) is 3. The van der Waals surface area contributed by atoms with Crippen molar-refractivity contribution in [2.45, 2.75) is 13.0 Å². The number of amides is 4. The van der Waals surface area contributed by atoms with E-state index >= 15 is 0 Å². The molecule has 0 aliphatic carbocycles. The molecule has 4 rings (SSSR count). The van der Waals surface area contributed by atoms with Crippen LogP contribution in [0.2, 0.25) is 0 Å². The van der Waals surface area contributed by atoms with Gasteiger partial charge in [0, 0.05) is 23.7 Å². The number of methoxy groups -OCH3 is 1. The fourth-order valence-electron chi connectivity index (χ4n) is 3.23. The Morgan fingerprint density at radius 2 is 1.77 bits per heavy atom. The van der Waals surface area contributed by atoms with Crippen LogP contribution in [0.4, 0.5) is 4.79 Å². The van der Waals surface area contributed by atoms with Gasteiger partial charge in [-0.2, -0.15) is 0 Å². The highest BCUT2D eigenvalue weighted by Gasteiger charge is 2.27. The number of aromatic hydroxyl groups is 1. The number of carbonyl (C=O) groups is 3. The van der Waals surface area contributed by atoms with E-state index in [0.717, 1.165) is 16.7 Å². The summed E-state index contributed by atoms with van der Waals surface area (Å²) in [6.45, 7) is 1.89. The first-order valence-corrected chi connectivity index (χ1v) is 10.7. The molecule has 4 N–H and O–H groups in total. The smallest absolute Gasteiger partial charge is 0.322 e. The number of rotatable bonds is 3. The second-order valence-electron chi connectivity index (χ2n) is 7.52. The Morgan fingerprint density at radius 1 is 1.06 bits per heavy atom. The van der Waals surface area contributed by atoms with E-state index in [2.05, 4.69) is 27.8 Å². The van der Waals surface area contributed by atoms with Crippen molar-refractivity contribution in [1.82, 2.24) is 16.0 Å². The SMILES string of the molecule is CNC(=O)c1cc(OC)ccc1C.O=C1NC(=O)C(C#Cc2ccc(-c3ccccc3O)cc2)N1. The van der Waals surface area contributed by atoms with Crippen LogP contribution >= 0.6 is 0 Å². The van der Waals surface area contributed by atoms with Crippen LogP contribution < -0.4 is 20.7 Å². The van der Waals surface area contributed by atoms with Crippen LogP contribution in [-0.2, 0) is 4.79 Å². The van der Waals surface area contributed by atoms with Gasteiger partial charge in [0.25, 0.3) is 11.8 Å². The van der Waals surface area contributed by atoms with Crippen LogP contribution in [0.1, 0.15) is 21.5 Å². The molecule has 1 unspecified atom stereocenters. The van der Waals surface area contributed by atoms with Crippen molar-refractivity contribution in [3.05, 3.63) is 83.4 Å². The van der Waals surface area contributed by atoms with E-state index < -0.39 is 18.0 Å². The van der Waals surface area contributed by atoms with Crippen molar-refractivity contribution in [2.75, 3.05) is 14.2 Å². The number of phenols is 1. The zero-order valence-corrected chi connectivity index (χ0v) is 19.5. The molecular formula is C27H25N3O5. The number of phenolic OH excluding ortho intramolecular Hbond substituents is 1. The molecule has 0 saturated carbocycles. The highest BCUT2D eigenvalue weighted by Crippen LogP contribution is 2.28. The maximum Gasteiger partial charge on any atom is 0.322 e. The molecule has 178 valence electrons. The number of urea groups is 1. The van der Waals surface area contributed by atoms with Crippen molar-refractivity contribution in [1.29, 1.82) is 0 Å². The molecule has 1 aliphatic heterocycles. The lowest BCUT2D eigenvalue weighted by molar-refractivity contribution is -0.119. The summed E-state index contributed by atoms with van der Waals surface area (Å²) in [7, 11) is 3.19. The average molecular weight is 472 g/mol. The van der Waals surface area contributed by atoms with Gasteiger partial charge in [0.15, 0.2) is 6.04 Å². The summed E-state index contributed by atoms with van der Waals surface area (Å²) < 4.78 is 5.02. The summed E-state index contributed by atoms with van der Waals surface area (Å²) in [6.07, 6.45) is 0. The molecule has 0 bridgehead atoms. The summed E-state index contributed by atoms with van der Waals surface area (Å²) >= 11 is 0. The molecule has 1 fully saturated rings. The molecule has 8 heteroatoms. The number of benzene rings is 3. The molecule has 1 atom stereocenters. The van der Waals surface area contributed by atoms with Gasteiger partial charge in [0.2, 0.25) is 0 Å². The van der Waals surface area contributed by atoms with E-state index in [1.54, 1.807) is 44.5 Å². The Kier molecular flexibility index (Phi) is 8.09. The molecule has 0 spiro atoms. The third kappa shape index (κ3) is 6.39. The first kappa shape index (κ1) is 24.9. The molecule has 1 heterocycles. The predicted molar refractivity (Wildman–Crippen MR) is 132 cm³/mol. The molecule has 3 aromatic carbocycles. The average Bonchev–Trinajstić information content (AvgIpc) is 3.20. The topological polar surface area (TPSA) is 117 Å². The maximum atomic E-state index is 11.4. The highest BCUT2D eigenvalue weighted by molar-refractivity contribution is 6.05. The zero-order valence-electron chi connectivity index (χ0n) is 19.5. The Hall–Kier alpha value is -4.77. The van der Waals surface area contributed by atoms with Gasteiger partial charge in [0.05, 0.1) is 7.11 Å². The fourth-order valence-corrected chi connectivity index (χ4v) is 3.23. The van der Waals surface area contributed by atoms with Crippen LogP contribution in [0.15, 0.2) is 66.7 Å². The molecule has 3 aromatic rings. The summed E-state index contributed by atoms with van der Waals surface area (Å²) in [5.41, 5.74) is 3.93. The predicted octanol–water partition coefficient (Wildman–Crippen LogP) is 2.98. The monoisotopic (exact) mass is 471 g/mol. The second kappa shape index (κ2) is 11.4. The lowest BCUT2D eigenvalue weighted by Crippen LogP contribution is -2.26. The van der Waals surface area contributed by atoms with Crippen molar-refractivity contribution >= 4 is 17.8 Å². The Labute approximate surface area is 203 Å². The number of hydrogen-bond acceptors (Lipinski definition) is 5. The van der Waals surface area contributed by atoms with E-state index in [4.69, 9.17) is 4.74 Å². The standard InChI is InChI=1S/C17H12N2O3.C10H13NO2/c20-15-4-2-1-3-13(15)12-8-5-11(6-9-12)7-10-14-16(21)19-17(22)18-14;1-7-4-5-8(13-3)6-9(7)10(12)11-2/h1-6,8-9,14,20H,(H2,18,19,21,22);4-6H,1-3H3,(H,11,12). The van der Waals surface area contributed by atoms with Crippen molar-refractivity contribution in [3.63, 3.8) is 0 Å². The maximum absolute atomic E-state index is 11.4. The molecule has 4 amide bonds. The third-order valence-electron chi connectivity index (χ3n) is 5.15. The number of carbonyl (C=O) groups excluding carboxylic acids is 3. The van der Waals surface area contributed by atoms with Crippen LogP contribution in [0.25, 0.3) is 11.1 Å². The van der Waals surface area contributed by atoms with Gasteiger partial charge < -0.3 is 20.5 Å². The van der Waals surface area contributed by atoms with Crippen molar-refractivity contribution in [2.24, 2.45) is 0 Å². The summed E-state index contributed by atoms with van der Waals surface area (Å²) in [5.74, 6) is 5.93. The van der Waals surface area contributed by atoms with E-state index in [-0.39, 0.29) is 11.7 Å². The Balaban J connectivity index is 0.000000225. The van der Waals surface area contributed by atoms with Gasteiger partial charge in [-0.05, 0) is 48.4 Å². The lowest BCUT2D eigenvalue weighted by atomic mass is 10.0. The van der Waals surface area contributed by atoms with Gasteiger partial charge >= 0.3 is 6.03 Å². The molecule has 1 aliphatic rings. The first-order chi connectivity index (χ1) is 16.8. The summed E-state index contributed by atoms with van der Waals surface area (Å²) in [6, 6.07) is 18.4. The van der Waals surface area contributed by atoms with Gasteiger partial charge in [-0.3, -0.25) is 14.9 Å². The fraction of sp³-hybridized carbons (Fsp3) is 0.148. The lowest BCUT2D eigenvalue weighted by Gasteiger charge is -2.06. The number of ether oxygens (including phenoxy) is 1. The molecule has 35 heavy (non-hydrogen) atoms. The van der Waals surface area contributed by atoms with E-state index in [0.29, 0.717) is 16.9 Å². The molecule has 1 saturated heterocycles. The summed E-state index contributed by atoms with van der Waals surface area (Å²) in [4.78, 5) is 33.7. The van der Waals surface area contributed by atoms with Gasteiger partial charge in [-0.15, -0.1) is 0 Å². The van der Waals surface area contributed by atoms with E-state index in [9.17, 15) is 19.5 Å². The largest absolute Gasteiger partial charge is 0.507 e. The quantitative estimate of drug-likeness (QED) is 0.346. The van der Waals surface area contributed by atoms with E-state index in [1.165, 1.54) is 0 Å². The molecule has 0 radical (unpaired) electrons. The number of aryl methyl sites for hydroxylation is 1. The minimum Gasteiger partial charge on any atom is -0.507 e. The van der Waals surface area contributed by atoms with Crippen LogP contribution in [-0.4, -0.2) is 43.2 Å². The van der Waals surface area contributed by atoms with E-state index in [1.807, 2.05) is 43.3 Å². The summed E-state index contributed by atoms with van der Waals surface area (Å²) in [5, 5.41) is 16.9. The minimum absolute atomic E-state index is 0.0867. The number of imide groups is 1. The Morgan fingerprint density at radius 3 is 2.37 bits per heavy atom. The van der Waals surface area contributed by atoms with Crippen LogP contribution in [0, 0.1) is 18.8 Å². The normalized spacial score (nSPS) is 13.9. The van der Waals surface area contributed by atoms with Gasteiger partial charge in [0.1, 0.15) is 11.5 Å². The third-order valence-corrected chi connectivity index (χ3v) is 5.15. The second-order valence-corrected chi connectivity index (χ2v) is 7.52. The van der Waals surface area contributed by atoms with Crippen molar-refractivity contribution < 1.29 is 24.2 Å². The highest BCUT2D eigenvalue weighted by atomic mass is 16.5. The first-order valence-electron chi connectivity index (χ1n) is 10.7. The Bertz CT molecular complexity index is 1310. The van der Waals surface area contributed by atoms with Gasteiger partial charge in [-0.25, -0.2) is 4.79 Å².